The Balaban J connectivity index is 1.34. The van der Waals surface area contributed by atoms with E-state index in [4.69, 9.17) is 14.5 Å². The van der Waals surface area contributed by atoms with Crippen molar-refractivity contribution in [1.29, 1.82) is 0 Å². The van der Waals surface area contributed by atoms with Gasteiger partial charge in [-0.15, -0.1) is 0 Å². The molecule has 194 valence electrons. The standard InChI is InChI=1S/C29H27BrN4O4/c1-33-10-12-34(13-11-33)26(35)14-18-2-6-21(7-3-18)31-28(19-4-9-24-25(15-19)38-17-37-24)27-22-8-5-20(30)16-23(22)32-29(27)36/h2-9,15-16,32,36H,10-14,17H2,1H3. The van der Waals surface area contributed by atoms with Crippen molar-refractivity contribution in [3.8, 4) is 17.4 Å². The van der Waals surface area contributed by atoms with Gasteiger partial charge in [0, 0.05) is 41.6 Å². The number of ether oxygens (including phenoxy) is 2. The van der Waals surface area contributed by atoms with Crippen molar-refractivity contribution < 1.29 is 19.4 Å². The summed E-state index contributed by atoms with van der Waals surface area (Å²) in [7, 11) is 2.08. The molecular weight excluding hydrogens is 548 g/mol. The third-order valence-electron chi connectivity index (χ3n) is 7.01. The second kappa shape index (κ2) is 10.2. The Kier molecular flexibility index (Phi) is 6.55. The molecule has 1 saturated heterocycles. The number of rotatable bonds is 5. The first-order valence-electron chi connectivity index (χ1n) is 12.5. The zero-order valence-electron chi connectivity index (χ0n) is 20.9. The fourth-order valence-corrected chi connectivity index (χ4v) is 5.22. The van der Waals surface area contributed by atoms with E-state index in [-0.39, 0.29) is 18.6 Å². The van der Waals surface area contributed by atoms with Gasteiger partial charge in [-0.25, -0.2) is 4.99 Å². The molecule has 1 amide bonds. The Bertz CT molecular complexity index is 1540. The first-order chi connectivity index (χ1) is 18.4. The highest BCUT2D eigenvalue weighted by molar-refractivity contribution is 9.10. The summed E-state index contributed by atoms with van der Waals surface area (Å²) in [6.07, 6.45) is 0.362. The number of hydrogen-bond donors (Lipinski definition) is 2. The number of piperazine rings is 1. The maximum atomic E-state index is 12.8. The molecule has 2 aliphatic rings. The number of carbonyl (C=O) groups is 1. The fraction of sp³-hybridized carbons (Fsp3) is 0.241. The summed E-state index contributed by atoms with van der Waals surface area (Å²) in [6, 6.07) is 19.1. The van der Waals surface area contributed by atoms with Crippen LogP contribution in [0.25, 0.3) is 10.9 Å². The van der Waals surface area contributed by atoms with Crippen LogP contribution < -0.4 is 9.47 Å². The van der Waals surface area contributed by atoms with Gasteiger partial charge in [0.2, 0.25) is 12.7 Å². The van der Waals surface area contributed by atoms with E-state index >= 15 is 0 Å². The van der Waals surface area contributed by atoms with Gasteiger partial charge < -0.3 is 29.4 Å². The normalized spacial score (nSPS) is 15.8. The number of fused-ring (bicyclic) bond motifs is 2. The van der Waals surface area contributed by atoms with Crippen LogP contribution in [-0.4, -0.2) is 71.5 Å². The lowest BCUT2D eigenvalue weighted by molar-refractivity contribution is -0.132. The van der Waals surface area contributed by atoms with Crippen LogP contribution in [0.2, 0.25) is 0 Å². The van der Waals surface area contributed by atoms with Crippen LogP contribution in [0.3, 0.4) is 0 Å². The third kappa shape index (κ3) is 4.87. The predicted molar refractivity (Wildman–Crippen MR) is 150 cm³/mol. The molecule has 0 unspecified atom stereocenters. The van der Waals surface area contributed by atoms with E-state index in [0.717, 1.165) is 52.7 Å². The first-order valence-corrected chi connectivity index (χ1v) is 13.3. The summed E-state index contributed by atoms with van der Waals surface area (Å²) in [5.74, 6) is 1.48. The molecule has 2 aliphatic heterocycles. The average molecular weight is 575 g/mol. The minimum atomic E-state index is 0.0314. The lowest BCUT2D eigenvalue weighted by atomic mass is 10.00. The van der Waals surface area contributed by atoms with E-state index < -0.39 is 0 Å². The van der Waals surface area contributed by atoms with Crippen molar-refractivity contribution in [1.82, 2.24) is 14.8 Å². The number of carbonyl (C=O) groups excluding carboxylic acids is 1. The van der Waals surface area contributed by atoms with Gasteiger partial charge >= 0.3 is 0 Å². The van der Waals surface area contributed by atoms with Gasteiger partial charge in [-0.2, -0.15) is 0 Å². The lowest BCUT2D eigenvalue weighted by Gasteiger charge is -2.32. The molecule has 0 spiro atoms. The van der Waals surface area contributed by atoms with Gasteiger partial charge in [0.05, 0.1) is 28.9 Å². The van der Waals surface area contributed by atoms with Gasteiger partial charge in [-0.1, -0.05) is 34.1 Å². The molecule has 0 aliphatic carbocycles. The van der Waals surface area contributed by atoms with Gasteiger partial charge in [-0.05, 0) is 55.1 Å². The van der Waals surface area contributed by atoms with E-state index in [2.05, 4.69) is 32.9 Å². The summed E-state index contributed by atoms with van der Waals surface area (Å²) in [5, 5.41) is 11.8. The molecular formula is C29H27BrN4O4. The Morgan fingerprint density at radius 2 is 1.76 bits per heavy atom. The summed E-state index contributed by atoms with van der Waals surface area (Å²) in [5.41, 5.74) is 4.41. The van der Waals surface area contributed by atoms with Crippen LogP contribution in [0.1, 0.15) is 16.7 Å². The largest absolute Gasteiger partial charge is 0.494 e. The molecule has 4 aromatic rings. The van der Waals surface area contributed by atoms with Crippen molar-refractivity contribution >= 4 is 44.1 Å². The van der Waals surface area contributed by atoms with Crippen LogP contribution in [0.4, 0.5) is 5.69 Å². The Morgan fingerprint density at radius 1 is 1.00 bits per heavy atom. The Hall–Kier alpha value is -3.82. The zero-order valence-corrected chi connectivity index (χ0v) is 22.5. The molecule has 3 heterocycles. The van der Waals surface area contributed by atoms with Crippen molar-refractivity contribution in [2.45, 2.75) is 6.42 Å². The Morgan fingerprint density at radius 3 is 2.55 bits per heavy atom. The first kappa shape index (κ1) is 24.5. The molecule has 0 bridgehead atoms. The average Bonchev–Trinajstić information content (AvgIpc) is 3.51. The van der Waals surface area contributed by atoms with Crippen molar-refractivity contribution in [2.75, 3.05) is 40.0 Å². The molecule has 6 rings (SSSR count). The number of likely N-dealkylation sites (N-methyl/N-ethyl adjacent to an activating group) is 1. The number of nitrogens with one attached hydrogen (secondary N) is 1. The number of amides is 1. The van der Waals surface area contributed by atoms with Crippen LogP contribution in [-0.2, 0) is 11.2 Å². The van der Waals surface area contributed by atoms with Gasteiger partial charge in [0.25, 0.3) is 0 Å². The summed E-state index contributed by atoms with van der Waals surface area (Å²) >= 11 is 3.50. The lowest BCUT2D eigenvalue weighted by Crippen LogP contribution is -2.47. The number of H-pyrrole nitrogens is 1. The summed E-state index contributed by atoms with van der Waals surface area (Å²) in [4.78, 5) is 25.0. The Labute approximate surface area is 228 Å². The van der Waals surface area contributed by atoms with E-state index in [1.807, 2.05) is 65.6 Å². The molecule has 0 atom stereocenters. The minimum Gasteiger partial charge on any atom is -0.494 e. The highest BCUT2D eigenvalue weighted by atomic mass is 79.9. The van der Waals surface area contributed by atoms with E-state index in [1.165, 1.54) is 0 Å². The van der Waals surface area contributed by atoms with Crippen molar-refractivity contribution in [2.24, 2.45) is 4.99 Å². The summed E-state index contributed by atoms with van der Waals surface area (Å²) < 4.78 is 12.0. The van der Waals surface area contributed by atoms with Crippen molar-refractivity contribution in [3.05, 3.63) is 81.8 Å². The van der Waals surface area contributed by atoms with Crippen molar-refractivity contribution in [3.63, 3.8) is 0 Å². The highest BCUT2D eigenvalue weighted by Gasteiger charge is 2.22. The molecule has 8 nitrogen and oxygen atoms in total. The molecule has 1 fully saturated rings. The maximum Gasteiger partial charge on any atom is 0.231 e. The molecule has 9 heteroatoms. The topological polar surface area (TPSA) is 90.4 Å². The molecule has 2 N–H and O–H groups in total. The predicted octanol–water partition coefficient (Wildman–Crippen LogP) is 4.85. The summed E-state index contributed by atoms with van der Waals surface area (Å²) in [6.45, 7) is 3.51. The second-order valence-electron chi connectivity index (χ2n) is 9.59. The molecule has 38 heavy (non-hydrogen) atoms. The van der Waals surface area contributed by atoms with Crippen LogP contribution in [0, 0.1) is 0 Å². The number of aromatic amines is 1. The van der Waals surface area contributed by atoms with E-state index in [0.29, 0.717) is 34.9 Å². The van der Waals surface area contributed by atoms with E-state index in [9.17, 15) is 9.90 Å². The third-order valence-corrected chi connectivity index (χ3v) is 7.51. The zero-order chi connectivity index (χ0) is 26.2. The molecule has 0 saturated carbocycles. The van der Waals surface area contributed by atoms with Crippen LogP contribution >= 0.6 is 15.9 Å². The second-order valence-corrected chi connectivity index (χ2v) is 10.5. The van der Waals surface area contributed by atoms with Gasteiger partial charge in [-0.3, -0.25) is 4.79 Å². The SMILES string of the molecule is CN1CCN(C(=O)Cc2ccc(N=C(c3ccc4c(c3)OCO4)c3c(O)[nH]c4cc(Br)ccc34)cc2)CC1. The van der Waals surface area contributed by atoms with Gasteiger partial charge in [0.1, 0.15) is 0 Å². The number of aliphatic imine (C=N–C) groups is 1. The number of nitrogens with zero attached hydrogens (tertiary/aromatic N) is 3. The quantitative estimate of drug-likeness (QED) is 0.332. The minimum absolute atomic E-state index is 0.0314. The van der Waals surface area contributed by atoms with E-state index in [1.54, 1.807) is 0 Å². The maximum absolute atomic E-state index is 12.8. The number of halogens is 1. The molecule has 1 aromatic heterocycles. The fourth-order valence-electron chi connectivity index (χ4n) is 4.86. The number of aromatic nitrogens is 1. The highest BCUT2D eigenvalue weighted by Crippen LogP contribution is 2.37. The van der Waals surface area contributed by atoms with Crippen LogP contribution in [0.5, 0.6) is 17.4 Å². The number of benzene rings is 3. The number of aromatic hydroxyl groups is 1. The number of hydrogen-bond acceptors (Lipinski definition) is 6. The molecule has 3 aromatic carbocycles. The van der Waals surface area contributed by atoms with Gasteiger partial charge in [0.15, 0.2) is 17.4 Å². The smallest absolute Gasteiger partial charge is 0.231 e. The van der Waals surface area contributed by atoms with Crippen LogP contribution in [0.15, 0.2) is 70.1 Å². The monoisotopic (exact) mass is 574 g/mol. The molecule has 0 radical (unpaired) electrons.